The number of hydrogen-bond donors (Lipinski definition) is 2. The number of benzene rings is 1. The third-order valence-corrected chi connectivity index (χ3v) is 2.25. The average Bonchev–Trinajstić information content (AvgIpc) is 2.57. The summed E-state index contributed by atoms with van der Waals surface area (Å²) in [6, 6.07) is 6.46. The summed E-state index contributed by atoms with van der Waals surface area (Å²) in [5, 5.41) is 9.86. The maximum Gasteiger partial charge on any atom is 0.326 e. The van der Waals surface area contributed by atoms with E-state index in [2.05, 4.69) is 12.0 Å². The molecule has 1 aliphatic heterocycles. The van der Waals surface area contributed by atoms with Crippen LogP contribution in [0.5, 0.6) is 0 Å². The molecule has 1 aromatic carbocycles. The molecule has 1 fully saturated rings. The van der Waals surface area contributed by atoms with Gasteiger partial charge >= 0.3 is 7.48 Å². The molecule has 1 radical (unpaired) electrons. The minimum Gasteiger partial charge on any atom is -0.450 e. The van der Waals surface area contributed by atoms with Crippen LogP contribution in [0.2, 0.25) is 0 Å². The highest BCUT2D eigenvalue weighted by atomic mass is 16.2. The van der Waals surface area contributed by atoms with Crippen molar-refractivity contribution in [3.63, 3.8) is 0 Å². The average molecular weight is 215 g/mol. The number of hydrogen-bond acceptors (Lipinski definition) is 3. The zero-order valence-electron chi connectivity index (χ0n) is 8.30. The number of carbonyl (C=O) groups is 2. The summed E-state index contributed by atoms with van der Waals surface area (Å²) in [4.78, 5) is 22.7. The van der Waals surface area contributed by atoms with Crippen LogP contribution in [0.3, 0.4) is 0 Å². The third-order valence-electron chi connectivity index (χ3n) is 2.25. The molecule has 0 saturated carbocycles. The summed E-state index contributed by atoms with van der Waals surface area (Å²) in [6.07, 6.45) is 0. The highest BCUT2D eigenvalue weighted by Gasteiger charge is 2.32. The van der Waals surface area contributed by atoms with Gasteiger partial charge in [0.15, 0.2) is 0 Å². The molecule has 1 saturated heterocycles. The van der Waals surface area contributed by atoms with E-state index in [0.29, 0.717) is 11.2 Å². The Bertz CT molecular complexity index is 469. The van der Waals surface area contributed by atoms with Gasteiger partial charge in [0.1, 0.15) is 5.57 Å². The zero-order valence-corrected chi connectivity index (χ0v) is 8.30. The minimum absolute atomic E-state index is 0.0854. The zero-order chi connectivity index (χ0) is 11.7. The molecule has 0 aromatic heterocycles. The normalized spacial score (nSPS) is 15.3. The molecule has 2 amide bonds. The Morgan fingerprint density at radius 3 is 2.31 bits per heavy atom. The number of nitrogens with zero attached hydrogens (tertiary/aromatic N) is 1. The van der Waals surface area contributed by atoms with Gasteiger partial charge in [0, 0.05) is 0 Å². The molecule has 6 heteroatoms. The predicted octanol–water partition coefficient (Wildman–Crippen LogP) is -1.14. The lowest BCUT2D eigenvalue weighted by molar-refractivity contribution is -0.117. The quantitative estimate of drug-likeness (QED) is 0.372. The third kappa shape index (κ3) is 1.59. The molecule has 2 rings (SSSR count). The summed E-state index contributed by atoms with van der Waals surface area (Å²) in [6.45, 7) is 3.38. The SMILES string of the molecule is C=C1C(=O)NN(c2ccc([B]O)cc2)C1=O. The summed E-state index contributed by atoms with van der Waals surface area (Å²) in [5.74, 6) is -0.964. The second-order valence-corrected chi connectivity index (χ2v) is 3.28. The van der Waals surface area contributed by atoms with Crippen molar-refractivity contribution in [3.8, 4) is 0 Å². The topological polar surface area (TPSA) is 69.6 Å². The van der Waals surface area contributed by atoms with Gasteiger partial charge in [0.2, 0.25) is 0 Å². The standard InChI is InChI=1S/C10H8BN2O3/c1-6-9(14)12-13(10(6)15)8-4-2-7(11-16)3-5-8/h2-5,16H,1H2,(H,12,14). The number of amides is 2. The second-order valence-electron chi connectivity index (χ2n) is 3.28. The van der Waals surface area contributed by atoms with Crippen molar-refractivity contribution in [1.29, 1.82) is 0 Å². The molecule has 1 heterocycles. The van der Waals surface area contributed by atoms with E-state index in [1.807, 2.05) is 0 Å². The van der Waals surface area contributed by atoms with E-state index in [1.165, 1.54) is 0 Å². The Kier molecular flexibility index (Phi) is 2.50. The number of anilines is 1. The molecule has 0 aliphatic carbocycles. The minimum atomic E-state index is -0.497. The fraction of sp³-hybridized carbons (Fsp3) is 0. The fourth-order valence-corrected chi connectivity index (χ4v) is 1.34. The molecule has 0 unspecified atom stereocenters. The number of carbonyl (C=O) groups excluding carboxylic acids is 2. The lowest BCUT2D eigenvalue weighted by atomic mass is 9.89. The number of rotatable bonds is 2. The first kappa shape index (κ1) is 10.4. The van der Waals surface area contributed by atoms with Gasteiger partial charge in [-0.2, -0.15) is 0 Å². The van der Waals surface area contributed by atoms with Crippen LogP contribution in [0.4, 0.5) is 5.69 Å². The molecule has 5 nitrogen and oxygen atoms in total. The lowest BCUT2D eigenvalue weighted by Gasteiger charge is -2.14. The van der Waals surface area contributed by atoms with Crippen LogP contribution >= 0.6 is 0 Å². The van der Waals surface area contributed by atoms with E-state index in [0.717, 1.165) is 12.5 Å². The van der Waals surface area contributed by atoms with Gasteiger partial charge in [0.05, 0.1) is 5.69 Å². The first-order valence-electron chi connectivity index (χ1n) is 4.55. The smallest absolute Gasteiger partial charge is 0.326 e. The highest BCUT2D eigenvalue weighted by Crippen LogP contribution is 2.17. The number of hydrazine groups is 1. The Labute approximate surface area is 92.6 Å². The van der Waals surface area contributed by atoms with E-state index in [4.69, 9.17) is 5.02 Å². The molecule has 1 aliphatic rings. The van der Waals surface area contributed by atoms with Crippen molar-refractivity contribution in [1.82, 2.24) is 5.43 Å². The van der Waals surface area contributed by atoms with Crippen LogP contribution in [0.15, 0.2) is 36.4 Å². The van der Waals surface area contributed by atoms with Gasteiger partial charge in [-0.1, -0.05) is 24.2 Å². The van der Waals surface area contributed by atoms with Crippen LogP contribution in [-0.4, -0.2) is 24.3 Å². The molecule has 0 spiro atoms. The van der Waals surface area contributed by atoms with E-state index in [-0.39, 0.29) is 5.57 Å². The molecule has 0 bridgehead atoms. The molecular weight excluding hydrogens is 207 g/mol. The number of nitrogens with one attached hydrogen (secondary N) is 1. The molecular formula is C10H8BN2O3. The maximum absolute atomic E-state index is 11.6. The van der Waals surface area contributed by atoms with Crippen LogP contribution < -0.4 is 15.9 Å². The Balaban J connectivity index is 2.28. The van der Waals surface area contributed by atoms with Crippen LogP contribution in [0.1, 0.15) is 0 Å². The molecule has 79 valence electrons. The van der Waals surface area contributed by atoms with Crippen LogP contribution in [0.25, 0.3) is 0 Å². The highest BCUT2D eigenvalue weighted by molar-refractivity contribution is 6.45. The summed E-state index contributed by atoms with van der Waals surface area (Å²) < 4.78 is 0. The summed E-state index contributed by atoms with van der Waals surface area (Å²) in [7, 11) is 0.951. The van der Waals surface area contributed by atoms with Crippen molar-refractivity contribution in [2.75, 3.05) is 5.01 Å². The van der Waals surface area contributed by atoms with Gasteiger partial charge in [0.25, 0.3) is 11.8 Å². The molecule has 1 aromatic rings. The summed E-state index contributed by atoms with van der Waals surface area (Å²) >= 11 is 0. The van der Waals surface area contributed by atoms with Gasteiger partial charge in [-0.05, 0) is 12.1 Å². The van der Waals surface area contributed by atoms with E-state index < -0.39 is 11.8 Å². The van der Waals surface area contributed by atoms with Crippen LogP contribution in [0, 0.1) is 0 Å². The van der Waals surface area contributed by atoms with Crippen molar-refractivity contribution >= 4 is 30.4 Å². The van der Waals surface area contributed by atoms with E-state index in [1.54, 1.807) is 24.3 Å². The van der Waals surface area contributed by atoms with Crippen molar-refractivity contribution in [2.24, 2.45) is 0 Å². The first-order chi connectivity index (χ1) is 7.63. The lowest BCUT2D eigenvalue weighted by Crippen LogP contribution is -2.36. The largest absolute Gasteiger partial charge is 0.450 e. The molecule has 2 N–H and O–H groups in total. The fourth-order valence-electron chi connectivity index (χ4n) is 1.34. The van der Waals surface area contributed by atoms with Gasteiger partial charge in [-0.3, -0.25) is 15.0 Å². The first-order valence-corrected chi connectivity index (χ1v) is 4.55. The molecule has 16 heavy (non-hydrogen) atoms. The van der Waals surface area contributed by atoms with E-state index >= 15 is 0 Å². The molecule has 0 atom stereocenters. The Morgan fingerprint density at radius 2 is 1.88 bits per heavy atom. The summed E-state index contributed by atoms with van der Waals surface area (Å²) in [5.41, 5.74) is 3.42. The Hall–Kier alpha value is -2.08. The van der Waals surface area contributed by atoms with Crippen LogP contribution in [-0.2, 0) is 9.59 Å². The monoisotopic (exact) mass is 215 g/mol. The van der Waals surface area contributed by atoms with Crippen molar-refractivity contribution in [2.45, 2.75) is 0 Å². The Morgan fingerprint density at radius 1 is 1.25 bits per heavy atom. The maximum atomic E-state index is 11.6. The van der Waals surface area contributed by atoms with Gasteiger partial charge in [-0.15, -0.1) is 0 Å². The van der Waals surface area contributed by atoms with Crippen molar-refractivity contribution < 1.29 is 14.6 Å². The second kappa shape index (κ2) is 3.82. The van der Waals surface area contributed by atoms with Gasteiger partial charge in [-0.25, -0.2) is 5.01 Å². The van der Waals surface area contributed by atoms with E-state index in [9.17, 15) is 9.59 Å². The predicted molar refractivity (Wildman–Crippen MR) is 58.8 cm³/mol. The van der Waals surface area contributed by atoms with Crippen molar-refractivity contribution in [3.05, 3.63) is 36.4 Å². The van der Waals surface area contributed by atoms with Gasteiger partial charge < -0.3 is 5.02 Å².